The van der Waals surface area contributed by atoms with Crippen LogP contribution in [-0.4, -0.2) is 45.7 Å². The van der Waals surface area contributed by atoms with E-state index in [-0.39, 0.29) is 24.1 Å². The minimum atomic E-state index is -0.470. The number of nitrogens with zero attached hydrogens (tertiary/aromatic N) is 4. The second-order valence-corrected chi connectivity index (χ2v) is 7.91. The van der Waals surface area contributed by atoms with Crippen LogP contribution in [0.5, 0.6) is 0 Å². The maximum Gasteiger partial charge on any atom is 0.407 e. The van der Waals surface area contributed by atoms with Gasteiger partial charge in [0.2, 0.25) is 5.91 Å². The third-order valence-corrected chi connectivity index (χ3v) is 5.08. The molecule has 0 unspecified atom stereocenters. The Kier molecular flexibility index (Phi) is 6.71. The number of nitrogens with two attached hydrogens (primary N) is 1. The molecular formula is C21H30N6O3. The van der Waals surface area contributed by atoms with Gasteiger partial charge in [-0.1, -0.05) is 11.3 Å². The number of amides is 2. The fourth-order valence-electron chi connectivity index (χ4n) is 3.82. The summed E-state index contributed by atoms with van der Waals surface area (Å²) < 4.78 is 7.03. The Morgan fingerprint density at radius 3 is 2.80 bits per heavy atom. The fourth-order valence-corrected chi connectivity index (χ4v) is 3.82. The van der Waals surface area contributed by atoms with Gasteiger partial charge in [-0.15, -0.1) is 5.10 Å². The molecule has 0 radical (unpaired) electrons. The maximum absolute atomic E-state index is 12.3. The molecule has 2 atom stereocenters. The number of hydrogen-bond acceptors (Lipinski definition) is 6. The fraction of sp³-hybridized carbons (Fsp3) is 0.524. The first kappa shape index (κ1) is 21.8. The number of alkyl carbamates (subject to hydrolysis) is 1. The van der Waals surface area contributed by atoms with E-state index in [9.17, 15) is 9.59 Å². The number of rotatable bonds is 6. The van der Waals surface area contributed by atoms with E-state index in [1.54, 1.807) is 30.4 Å². The molecule has 1 aromatic heterocycles. The van der Waals surface area contributed by atoms with Crippen molar-refractivity contribution < 1.29 is 14.3 Å². The Bertz CT molecular complexity index is 910. The molecule has 1 aliphatic heterocycles. The van der Waals surface area contributed by atoms with E-state index in [0.29, 0.717) is 19.5 Å². The predicted octanol–water partition coefficient (Wildman–Crippen LogP) is 2.61. The number of nitrogens with one attached hydrogen (secondary N) is 1. The molecule has 1 aromatic carbocycles. The highest BCUT2D eigenvalue weighted by Crippen LogP contribution is 2.39. The molecule has 0 bridgehead atoms. The highest BCUT2D eigenvalue weighted by atomic mass is 16.6. The lowest BCUT2D eigenvalue weighted by Gasteiger charge is -2.39. The van der Waals surface area contributed by atoms with Gasteiger partial charge in [-0.25, -0.2) is 4.79 Å². The molecule has 0 saturated heterocycles. The average molecular weight is 415 g/mol. The van der Waals surface area contributed by atoms with E-state index in [4.69, 9.17) is 10.5 Å². The van der Waals surface area contributed by atoms with Gasteiger partial charge in [0.15, 0.2) is 0 Å². The molecule has 0 fully saturated rings. The zero-order chi connectivity index (χ0) is 21.8. The van der Waals surface area contributed by atoms with Crippen LogP contribution >= 0.6 is 0 Å². The highest BCUT2D eigenvalue weighted by Gasteiger charge is 2.34. The Morgan fingerprint density at radius 2 is 2.13 bits per heavy atom. The van der Waals surface area contributed by atoms with Crippen LogP contribution in [0.1, 0.15) is 52.1 Å². The molecule has 1 aliphatic rings. The van der Waals surface area contributed by atoms with Gasteiger partial charge in [-0.2, -0.15) is 0 Å². The predicted molar refractivity (Wildman–Crippen MR) is 114 cm³/mol. The zero-order valence-corrected chi connectivity index (χ0v) is 18.0. The minimum Gasteiger partial charge on any atom is -0.447 e. The van der Waals surface area contributed by atoms with Gasteiger partial charge in [0.05, 0.1) is 18.3 Å². The molecule has 0 aliphatic carbocycles. The summed E-state index contributed by atoms with van der Waals surface area (Å²) in [5, 5.41) is 11.4. The first-order chi connectivity index (χ1) is 14.3. The minimum absolute atomic E-state index is 0.0348. The monoisotopic (exact) mass is 414 g/mol. The first-order valence-corrected chi connectivity index (χ1v) is 10.3. The number of anilines is 1. The van der Waals surface area contributed by atoms with Crippen molar-refractivity contribution in [3.8, 4) is 11.3 Å². The van der Waals surface area contributed by atoms with Crippen molar-refractivity contribution in [3.63, 3.8) is 0 Å². The number of carbonyl (C=O) groups excluding carboxylic acids is 2. The summed E-state index contributed by atoms with van der Waals surface area (Å²) in [5.41, 5.74) is 8.81. The summed E-state index contributed by atoms with van der Waals surface area (Å²) in [4.78, 5) is 26.3. The second kappa shape index (κ2) is 9.25. The van der Waals surface area contributed by atoms with E-state index in [2.05, 4.69) is 15.6 Å². The first-order valence-electron chi connectivity index (χ1n) is 10.3. The van der Waals surface area contributed by atoms with Gasteiger partial charge in [0.1, 0.15) is 5.69 Å². The van der Waals surface area contributed by atoms with Crippen molar-refractivity contribution in [2.75, 3.05) is 11.4 Å². The van der Waals surface area contributed by atoms with Crippen LogP contribution < -0.4 is 16.0 Å². The lowest BCUT2D eigenvalue weighted by molar-refractivity contribution is -0.117. The van der Waals surface area contributed by atoms with Crippen molar-refractivity contribution in [1.29, 1.82) is 0 Å². The zero-order valence-electron chi connectivity index (χ0n) is 18.0. The Balaban J connectivity index is 1.95. The third kappa shape index (κ3) is 4.79. The summed E-state index contributed by atoms with van der Waals surface area (Å²) in [6, 6.07) is 5.47. The van der Waals surface area contributed by atoms with Gasteiger partial charge in [0, 0.05) is 30.8 Å². The van der Waals surface area contributed by atoms with Crippen LogP contribution in [0.15, 0.2) is 24.4 Å². The van der Waals surface area contributed by atoms with Gasteiger partial charge in [-0.05, 0) is 57.9 Å². The quantitative estimate of drug-likeness (QED) is 0.751. The summed E-state index contributed by atoms with van der Waals surface area (Å²) >= 11 is 0. The van der Waals surface area contributed by atoms with Crippen molar-refractivity contribution >= 4 is 17.7 Å². The molecule has 0 spiro atoms. The molecule has 9 nitrogen and oxygen atoms in total. The highest BCUT2D eigenvalue weighted by molar-refractivity contribution is 5.94. The average Bonchev–Trinajstić information content (AvgIpc) is 3.14. The number of fused-ring (bicyclic) bond motifs is 1. The van der Waals surface area contributed by atoms with Crippen LogP contribution in [-0.2, 0) is 16.1 Å². The van der Waals surface area contributed by atoms with Crippen LogP contribution in [0.3, 0.4) is 0 Å². The molecule has 2 amide bonds. The number of aryl methyl sites for hydroxylation is 1. The number of benzene rings is 1. The second-order valence-electron chi connectivity index (χ2n) is 7.91. The third-order valence-electron chi connectivity index (χ3n) is 5.08. The molecule has 162 valence electrons. The molecule has 0 saturated carbocycles. The largest absolute Gasteiger partial charge is 0.447 e. The molecule has 2 aromatic rings. The summed E-state index contributed by atoms with van der Waals surface area (Å²) in [6.45, 7) is 8.44. The standard InChI is InChI=1S/C21H30N6O3/c1-13(2)30-21(29)23-18-10-14(3)27(15(4)28)20-7-6-16(11-17(18)20)19-12-26(25-24-19)9-5-8-22/h6-7,11-14,18H,5,8-10,22H2,1-4H3,(H,23,29)/t14-,18+/m0/s1. The van der Waals surface area contributed by atoms with E-state index in [1.165, 1.54) is 0 Å². The molecule has 2 heterocycles. The number of hydrogen-bond donors (Lipinski definition) is 2. The lowest BCUT2D eigenvalue weighted by atomic mass is 9.90. The Morgan fingerprint density at radius 1 is 1.37 bits per heavy atom. The maximum atomic E-state index is 12.3. The molecular weight excluding hydrogens is 384 g/mol. The molecule has 3 N–H and O–H groups in total. The van der Waals surface area contributed by atoms with E-state index in [0.717, 1.165) is 28.9 Å². The topological polar surface area (TPSA) is 115 Å². The van der Waals surface area contributed by atoms with Crippen LogP contribution in [0.4, 0.5) is 10.5 Å². The van der Waals surface area contributed by atoms with E-state index >= 15 is 0 Å². The van der Waals surface area contributed by atoms with Crippen molar-refractivity contribution in [2.24, 2.45) is 5.73 Å². The van der Waals surface area contributed by atoms with Gasteiger partial charge < -0.3 is 20.7 Å². The number of ether oxygens (including phenoxy) is 1. The van der Waals surface area contributed by atoms with Gasteiger partial charge >= 0.3 is 6.09 Å². The number of aromatic nitrogens is 3. The van der Waals surface area contributed by atoms with Crippen LogP contribution in [0.2, 0.25) is 0 Å². The van der Waals surface area contributed by atoms with E-state index < -0.39 is 6.09 Å². The molecule has 9 heteroatoms. The number of carbonyl (C=O) groups is 2. The lowest BCUT2D eigenvalue weighted by Crippen LogP contribution is -2.45. The van der Waals surface area contributed by atoms with Gasteiger partial charge in [0.25, 0.3) is 0 Å². The Labute approximate surface area is 176 Å². The van der Waals surface area contributed by atoms with Crippen LogP contribution in [0.25, 0.3) is 11.3 Å². The van der Waals surface area contributed by atoms with Crippen molar-refractivity contribution in [3.05, 3.63) is 30.0 Å². The molecule has 30 heavy (non-hydrogen) atoms. The van der Waals surface area contributed by atoms with Crippen LogP contribution in [0, 0.1) is 0 Å². The SMILES string of the molecule is CC(=O)N1c2ccc(-c3cn(CCCN)nn3)cc2[C@H](NC(=O)OC(C)C)C[C@@H]1C. The smallest absolute Gasteiger partial charge is 0.407 e. The van der Waals surface area contributed by atoms with E-state index in [1.807, 2.05) is 31.3 Å². The van der Waals surface area contributed by atoms with Crippen molar-refractivity contribution in [1.82, 2.24) is 20.3 Å². The summed E-state index contributed by atoms with van der Waals surface area (Å²) in [5.74, 6) is -0.0348. The summed E-state index contributed by atoms with van der Waals surface area (Å²) in [6.07, 6.45) is 2.60. The van der Waals surface area contributed by atoms with Crippen molar-refractivity contribution in [2.45, 2.75) is 65.3 Å². The van der Waals surface area contributed by atoms with Gasteiger partial charge in [-0.3, -0.25) is 9.48 Å². The normalized spacial score (nSPS) is 18.3. The molecule has 3 rings (SSSR count). The Hall–Kier alpha value is -2.94. The summed E-state index contributed by atoms with van der Waals surface area (Å²) in [7, 11) is 0.